The SMILES string of the molecule is COc1ccc(/C=C2\CCC[C@H]3C2=NN(C(=NS(=O)(=O)c2ccccc2)c2ccccc2)[C@H]3c2ccc(OC)cc2)cc1. The minimum atomic E-state index is -4.03. The summed E-state index contributed by atoms with van der Waals surface area (Å²) in [7, 11) is -0.732. The maximum Gasteiger partial charge on any atom is 0.284 e. The third-order valence-electron chi connectivity index (χ3n) is 7.91. The van der Waals surface area contributed by atoms with Crippen molar-refractivity contribution in [1.82, 2.24) is 5.01 Å². The highest BCUT2D eigenvalue weighted by atomic mass is 32.2. The maximum absolute atomic E-state index is 13.7. The summed E-state index contributed by atoms with van der Waals surface area (Å²) in [6, 6.07) is 33.4. The van der Waals surface area contributed by atoms with Gasteiger partial charge in [-0.05, 0) is 78.4 Å². The third-order valence-corrected chi connectivity index (χ3v) is 9.19. The van der Waals surface area contributed by atoms with Gasteiger partial charge in [0.2, 0.25) is 0 Å². The minimum Gasteiger partial charge on any atom is -0.497 e. The van der Waals surface area contributed by atoms with Gasteiger partial charge in [0.1, 0.15) is 11.5 Å². The number of nitrogens with zero attached hydrogens (tertiary/aromatic N) is 3. The standard InChI is InChI=1S/C35H33N3O4S/c1-41-29-20-16-25(17-21-29)24-28-12-9-15-32-33(28)36-38(34(32)26-18-22-30(42-2)23-19-26)35(27-10-5-3-6-11-27)37-43(39,40)31-13-7-4-8-14-31/h3-8,10-11,13-14,16-24,32,34H,9,12,15H2,1-2H3/b28-24+,37-35?/t32-,34-/m0/s1. The van der Waals surface area contributed by atoms with Gasteiger partial charge in [0.05, 0.1) is 30.9 Å². The molecule has 1 fully saturated rings. The zero-order chi connectivity index (χ0) is 29.8. The Balaban J connectivity index is 1.52. The van der Waals surface area contributed by atoms with Crippen molar-refractivity contribution < 1.29 is 17.9 Å². The predicted molar refractivity (Wildman–Crippen MR) is 170 cm³/mol. The number of hydrazone groups is 1. The van der Waals surface area contributed by atoms with E-state index in [-0.39, 0.29) is 22.7 Å². The van der Waals surface area contributed by atoms with Crippen LogP contribution in [0.2, 0.25) is 0 Å². The van der Waals surface area contributed by atoms with Crippen molar-refractivity contribution in [3.8, 4) is 11.5 Å². The molecule has 8 heteroatoms. The molecular weight excluding hydrogens is 558 g/mol. The second kappa shape index (κ2) is 12.3. The molecule has 2 atom stereocenters. The predicted octanol–water partition coefficient (Wildman–Crippen LogP) is 7.14. The molecular formula is C35H33N3O4S. The lowest BCUT2D eigenvalue weighted by molar-refractivity contribution is 0.304. The quantitative estimate of drug-likeness (QED) is 0.169. The second-order valence-corrected chi connectivity index (χ2v) is 12.2. The Morgan fingerprint density at radius 1 is 0.837 bits per heavy atom. The maximum atomic E-state index is 13.7. The first-order valence-electron chi connectivity index (χ1n) is 14.3. The van der Waals surface area contributed by atoms with Gasteiger partial charge in [-0.1, -0.05) is 72.8 Å². The van der Waals surface area contributed by atoms with Gasteiger partial charge in [-0.2, -0.15) is 13.5 Å². The van der Waals surface area contributed by atoms with Crippen molar-refractivity contribution in [3.63, 3.8) is 0 Å². The Morgan fingerprint density at radius 2 is 1.44 bits per heavy atom. The van der Waals surface area contributed by atoms with Gasteiger partial charge in [-0.25, -0.2) is 5.01 Å². The van der Waals surface area contributed by atoms with Crippen molar-refractivity contribution >= 4 is 27.6 Å². The highest BCUT2D eigenvalue weighted by Crippen LogP contribution is 2.45. The van der Waals surface area contributed by atoms with E-state index in [1.807, 2.05) is 83.9 Å². The van der Waals surface area contributed by atoms with E-state index in [1.54, 1.807) is 44.6 Å². The number of benzene rings is 4. The van der Waals surface area contributed by atoms with Crippen LogP contribution >= 0.6 is 0 Å². The van der Waals surface area contributed by atoms with Crippen LogP contribution < -0.4 is 9.47 Å². The van der Waals surface area contributed by atoms with Crippen LogP contribution in [0.1, 0.15) is 42.0 Å². The molecule has 0 bridgehead atoms. The molecule has 1 aliphatic heterocycles. The Labute approximate surface area is 252 Å². The van der Waals surface area contributed by atoms with Crippen LogP contribution in [0.5, 0.6) is 11.5 Å². The molecule has 218 valence electrons. The highest BCUT2D eigenvalue weighted by Gasteiger charge is 2.43. The fraction of sp³-hybridized carbons (Fsp3) is 0.200. The summed E-state index contributed by atoms with van der Waals surface area (Å²) in [6.07, 6.45) is 4.97. The van der Waals surface area contributed by atoms with Crippen LogP contribution in [-0.4, -0.2) is 39.2 Å². The number of allylic oxidation sites excluding steroid dienone is 1. The van der Waals surface area contributed by atoms with E-state index in [9.17, 15) is 8.42 Å². The van der Waals surface area contributed by atoms with Crippen molar-refractivity contribution in [2.45, 2.75) is 30.2 Å². The van der Waals surface area contributed by atoms with Gasteiger partial charge in [-0.15, -0.1) is 4.40 Å². The zero-order valence-electron chi connectivity index (χ0n) is 24.1. The number of fused-ring (bicyclic) bond motifs is 1. The third kappa shape index (κ3) is 5.96. The van der Waals surface area contributed by atoms with Gasteiger partial charge in [-0.3, -0.25) is 0 Å². The fourth-order valence-electron chi connectivity index (χ4n) is 5.78. The number of methoxy groups -OCH3 is 2. The lowest BCUT2D eigenvalue weighted by Gasteiger charge is -2.31. The highest BCUT2D eigenvalue weighted by molar-refractivity contribution is 7.90. The summed E-state index contributed by atoms with van der Waals surface area (Å²) in [4.78, 5) is 0.133. The van der Waals surface area contributed by atoms with Gasteiger partial charge < -0.3 is 9.47 Å². The van der Waals surface area contributed by atoms with E-state index in [4.69, 9.17) is 14.6 Å². The summed E-state index contributed by atoms with van der Waals surface area (Å²) >= 11 is 0. The molecule has 4 aromatic rings. The molecule has 1 aliphatic carbocycles. The summed E-state index contributed by atoms with van der Waals surface area (Å²) in [5.41, 5.74) is 4.84. The average Bonchev–Trinajstić information content (AvgIpc) is 3.45. The van der Waals surface area contributed by atoms with Gasteiger partial charge in [0, 0.05) is 11.5 Å². The van der Waals surface area contributed by atoms with Crippen molar-refractivity contribution in [1.29, 1.82) is 0 Å². The number of hydrogen-bond acceptors (Lipinski definition) is 5. The summed E-state index contributed by atoms with van der Waals surface area (Å²) in [5, 5.41) is 7.03. The van der Waals surface area contributed by atoms with Crippen molar-refractivity contribution in [2.75, 3.05) is 14.2 Å². The Kier molecular flexibility index (Phi) is 8.11. The van der Waals surface area contributed by atoms with E-state index >= 15 is 0 Å². The van der Waals surface area contributed by atoms with Gasteiger partial charge in [0.15, 0.2) is 5.84 Å². The van der Waals surface area contributed by atoms with Crippen LogP contribution in [0.3, 0.4) is 0 Å². The molecule has 0 saturated heterocycles. The smallest absolute Gasteiger partial charge is 0.284 e. The molecule has 1 saturated carbocycles. The topological polar surface area (TPSA) is 80.6 Å². The van der Waals surface area contributed by atoms with E-state index in [1.165, 1.54) is 0 Å². The number of sulfonamides is 1. The number of hydrogen-bond donors (Lipinski definition) is 0. The van der Waals surface area contributed by atoms with E-state index in [0.29, 0.717) is 5.56 Å². The molecule has 6 rings (SSSR count). The Morgan fingerprint density at radius 3 is 2.07 bits per heavy atom. The molecule has 43 heavy (non-hydrogen) atoms. The first-order chi connectivity index (χ1) is 21.0. The molecule has 2 aliphatic rings. The van der Waals surface area contributed by atoms with E-state index in [0.717, 1.165) is 53.2 Å². The summed E-state index contributed by atoms with van der Waals surface area (Å²) < 4.78 is 42.6. The average molecular weight is 592 g/mol. The summed E-state index contributed by atoms with van der Waals surface area (Å²) in [6.45, 7) is 0. The first-order valence-corrected chi connectivity index (χ1v) is 15.7. The lowest BCUT2D eigenvalue weighted by Crippen LogP contribution is -2.33. The van der Waals surface area contributed by atoms with Crippen LogP contribution in [0.25, 0.3) is 6.08 Å². The van der Waals surface area contributed by atoms with Crippen LogP contribution in [0.15, 0.2) is 129 Å². The van der Waals surface area contributed by atoms with Crippen molar-refractivity contribution in [3.05, 3.63) is 131 Å². The molecule has 4 aromatic carbocycles. The Hall–Kier alpha value is -4.69. The fourth-order valence-corrected chi connectivity index (χ4v) is 6.81. The van der Waals surface area contributed by atoms with Crippen LogP contribution in [0.4, 0.5) is 0 Å². The molecule has 0 radical (unpaired) electrons. The normalized spacial score (nSPS) is 19.6. The second-order valence-electron chi connectivity index (χ2n) is 10.6. The number of amidine groups is 1. The zero-order valence-corrected chi connectivity index (χ0v) is 24.9. The number of ether oxygens (including phenoxy) is 2. The monoisotopic (exact) mass is 591 g/mol. The first kappa shape index (κ1) is 28.4. The molecule has 0 amide bonds. The van der Waals surface area contributed by atoms with Gasteiger partial charge in [0.25, 0.3) is 10.0 Å². The molecule has 0 N–H and O–H groups in total. The molecule has 0 unspecified atom stereocenters. The summed E-state index contributed by atoms with van der Waals surface area (Å²) in [5.74, 6) is 1.88. The molecule has 0 spiro atoms. The van der Waals surface area contributed by atoms with Crippen LogP contribution in [0, 0.1) is 5.92 Å². The minimum absolute atomic E-state index is 0.0417. The molecule has 0 aromatic heterocycles. The van der Waals surface area contributed by atoms with Crippen LogP contribution in [-0.2, 0) is 10.0 Å². The molecule has 7 nitrogen and oxygen atoms in total. The largest absolute Gasteiger partial charge is 0.497 e. The number of rotatable bonds is 7. The molecule has 1 heterocycles. The Bertz CT molecular complexity index is 1770. The van der Waals surface area contributed by atoms with E-state index in [2.05, 4.69) is 10.5 Å². The van der Waals surface area contributed by atoms with E-state index < -0.39 is 10.0 Å². The lowest BCUT2D eigenvalue weighted by atomic mass is 9.77. The van der Waals surface area contributed by atoms with Gasteiger partial charge >= 0.3 is 0 Å². The van der Waals surface area contributed by atoms with Crippen molar-refractivity contribution in [2.24, 2.45) is 15.4 Å².